The van der Waals surface area contributed by atoms with E-state index in [0.717, 1.165) is 22.4 Å². The maximum atomic E-state index is 12.8. The lowest BCUT2D eigenvalue weighted by atomic mass is 9.75. The van der Waals surface area contributed by atoms with Crippen LogP contribution >= 0.6 is 0 Å². The van der Waals surface area contributed by atoms with Crippen LogP contribution in [-0.4, -0.2) is 46.7 Å². The fourth-order valence-electron chi connectivity index (χ4n) is 4.01. The molecule has 0 aliphatic carbocycles. The Kier molecular flexibility index (Phi) is 5.46. The average molecular weight is 399 g/mol. The number of ether oxygens (including phenoxy) is 1. The number of rotatable bonds is 5. The van der Waals surface area contributed by atoms with Gasteiger partial charge in [0.1, 0.15) is 17.5 Å². The summed E-state index contributed by atoms with van der Waals surface area (Å²) in [5.74, 6) is 0.182. The number of hydrogen-bond acceptors (Lipinski definition) is 5. The SMILES string of the molecule is COc1cccc(-c2ccc([C@@H]3[C@@H](C#N)N(C(=O)c4ccccn4)[C@@H]3CO)cc2)c1. The molecule has 150 valence electrons. The van der Waals surface area contributed by atoms with Gasteiger partial charge in [0, 0.05) is 12.1 Å². The summed E-state index contributed by atoms with van der Waals surface area (Å²) in [5.41, 5.74) is 3.23. The number of nitrogens with zero attached hydrogens (tertiary/aromatic N) is 3. The van der Waals surface area contributed by atoms with Crippen LogP contribution in [-0.2, 0) is 0 Å². The predicted octanol–water partition coefficient (Wildman–Crippen LogP) is 3.25. The van der Waals surface area contributed by atoms with Gasteiger partial charge < -0.3 is 14.7 Å². The van der Waals surface area contributed by atoms with Crippen LogP contribution in [0.2, 0.25) is 0 Å². The van der Waals surface area contributed by atoms with Gasteiger partial charge in [0.15, 0.2) is 0 Å². The molecule has 1 aliphatic rings. The average Bonchev–Trinajstić information content (AvgIpc) is 2.80. The number of carbonyl (C=O) groups excluding carboxylic acids is 1. The van der Waals surface area contributed by atoms with E-state index in [1.807, 2.05) is 48.5 Å². The molecule has 2 aromatic carbocycles. The molecule has 1 aromatic heterocycles. The number of hydrogen-bond donors (Lipinski definition) is 1. The Hall–Kier alpha value is -3.69. The van der Waals surface area contributed by atoms with Crippen LogP contribution in [0.15, 0.2) is 72.9 Å². The van der Waals surface area contributed by atoms with Gasteiger partial charge in [-0.3, -0.25) is 9.78 Å². The maximum absolute atomic E-state index is 12.8. The first-order chi connectivity index (χ1) is 14.7. The maximum Gasteiger partial charge on any atom is 0.273 e. The van der Waals surface area contributed by atoms with E-state index in [2.05, 4.69) is 11.1 Å². The van der Waals surface area contributed by atoms with E-state index in [1.54, 1.807) is 25.3 Å². The van der Waals surface area contributed by atoms with Crippen molar-refractivity contribution >= 4 is 5.91 Å². The normalized spacial score (nSPS) is 20.2. The Morgan fingerprint density at radius 3 is 2.57 bits per heavy atom. The van der Waals surface area contributed by atoms with Gasteiger partial charge >= 0.3 is 0 Å². The third-order valence-corrected chi connectivity index (χ3v) is 5.55. The second-order valence-electron chi connectivity index (χ2n) is 7.13. The van der Waals surface area contributed by atoms with Gasteiger partial charge in [-0.05, 0) is 41.0 Å². The number of carbonyl (C=O) groups is 1. The van der Waals surface area contributed by atoms with Gasteiger partial charge in [-0.1, -0.05) is 42.5 Å². The summed E-state index contributed by atoms with van der Waals surface area (Å²) >= 11 is 0. The fraction of sp³-hybridized carbons (Fsp3) is 0.208. The monoisotopic (exact) mass is 399 g/mol. The first-order valence-electron chi connectivity index (χ1n) is 9.66. The van der Waals surface area contributed by atoms with Gasteiger partial charge in [-0.25, -0.2) is 0 Å². The summed E-state index contributed by atoms with van der Waals surface area (Å²) < 4.78 is 5.29. The minimum atomic E-state index is -0.653. The predicted molar refractivity (Wildman–Crippen MR) is 112 cm³/mol. The Balaban J connectivity index is 1.59. The second kappa shape index (κ2) is 8.36. The molecule has 6 heteroatoms. The quantitative estimate of drug-likeness (QED) is 0.712. The molecule has 0 saturated carbocycles. The molecular formula is C24H21N3O3. The van der Waals surface area contributed by atoms with Crippen LogP contribution in [0.4, 0.5) is 0 Å². The molecule has 4 rings (SSSR count). The molecule has 1 N–H and O–H groups in total. The summed E-state index contributed by atoms with van der Waals surface area (Å²) in [6, 6.07) is 21.8. The Morgan fingerprint density at radius 1 is 1.13 bits per heavy atom. The lowest BCUT2D eigenvalue weighted by molar-refractivity contribution is -0.00629. The van der Waals surface area contributed by atoms with E-state index in [9.17, 15) is 15.2 Å². The molecular weight excluding hydrogens is 378 g/mol. The molecule has 1 aliphatic heterocycles. The van der Waals surface area contributed by atoms with Crippen molar-refractivity contribution < 1.29 is 14.6 Å². The van der Waals surface area contributed by atoms with Gasteiger partial charge in [-0.15, -0.1) is 0 Å². The highest BCUT2D eigenvalue weighted by molar-refractivity contribution is 5.94. The fourth-order valence-corrected chi connectivity index (χ4v) is 4.01. The topological polar surface area (TPSA) is 86.5 Å². The van der Waals surface area contributed by atoms with Crippen molar-refractivity contribution in [1.82, 2.24) is 9.88 Å². The van der Waals surface area contributed by atoms with E-state index in [1.165, 1.54) is 11.1 Å². The summed E-state index contributed by atoms with van der Waals surface area (Å²) in [6.45, 7) is -0.223. The summed E-state index contributed by atoms with van der Waals surface area (Å²) in [4.78, 5) is 18.3. The van der Waals surface area contributed by atoms with Crippen LogP contribution in [0.1, 0.15) is 22.0 Å². The number of nitriles is 1. The number of pyridine rings is 1. The summed E-state index contributed by atoms with van der Waals surface area (Å²) in [6.07, 6.45) is 1.54. The Morgan fingerprint density at radius 2 is 1.93 bits per heavy atom. The van der Waals surface area contributed by atoms with Crippen LogP contribution in [0.3, 0.4) is 0 Å². The zero-order valence-electron chi connectivity index (χ0n) is 16.5. The van der Waals surface area contributed by atoms with Gasteiger partial charge in [0.05, 0.1) is 25.8 Å². The van der Waals surface area contributed by atoms with E-state index < -0.39 is 12.1 Å². The van der Waals surface area contributed by atoms with Gasteiger partial charge in [-0.2, -0.15) is 5.26 Å². The molecule has 3 atom stereocenters. The molecule has 0 spiro atoms. The third-order valence-electron chi connectivity index (χ3n) is 5.55. The van der Waals surface area contributed by atoms with Crippen molar-refractivity contribution in [3.8, 4) is 22.9 Å². The molecule has 1 fully saturated rings. The highest BCUT2D eigenvalue weighted by atomic mass is 16.5. The van der Waals surface area contributed by atoms with Crippen molar-refractivity contribution in [3.63, 3.8) is 0 Å². The molecule has 30 heavy (non-hydrogen) atoms. The van der Waals surface area contributed by atoms with E-state index in [4.69, 9.17) is 4.74 Å². The molecule has 2 heterocycles. The number of aromatic nitrogens is 1. The minimum Gasteiger partial charge on any atom is -0.497 e. The number of aliphatic hydroxyl groups is 1. The molecule has 6 nitrogen and oxygen atoms in total. The van der Waals surface area contributed by atoms with Crippen molar-refractivity contribution in [1.29, 1.82) is 5.26 Å². The van der Waals surface area contributed by atoms with Crippen molar-refractivity contribution in [2.75, 3.05) is 13.7 Å². The van der Waals surface area contributed by atoms with Gasteiger partial charge in [0.25, 0.3) is 5.91 Å². The zero-order chi connectivity index (χ0) is 21.1. The molecule has 0 unspecified atom stereocenters. The van der Waals surface area contributed by atoms with Crippen LogP contribution in [0.25, 0.3) is 11.1 Å². The smallest absolute Gasteiger partial charge is 0.273 e. The van der Waals surface area contributed by atoms with Crippen LogP contribution in [0.5, 0.6) is 5.75 Å². The van der Waals surface area contributed by atoms with Crippen molar-refractivity contribution in [2.24, 2.45) is 0 Å². The first-order valence-corrected chi connectivity index (χ1v) is 9.66. The molecule has 0 radical (unpaired) electrons. The molecule has 1 saturated heterocycles. The molecule has 1 amide bonds. The number of amides is 1. The standard InChI is InChI=1S/C24H21N3O3/c1-30-19-6-4-5-18(13-19)16-8-10-17(11-9-16)23-21(14-25)27(22(23)15-28)24(29)20-7-2-3-12-26-20/h2-13,21-23,28H,15H2,1H3/t21-,22-,23-/m1/s1. The lowest BCUT2D eigenvalue weighted by Crippen LogP contribution is -2.65. The minimum absolute atomic E-state index is 0.223. The lowest BCUT2D eigenvalue weighted by Gasteiger charge is -2.51. The van der Waals surface area contributed by atoms with Crippen molar-refractivity contribution in [3.05, 3.63) is 84.2 Å². The molecule has 3 aromatic rings. The number of aliphatic hydroxyl groups excluding tert-OH is 1. The highest BCUT2D eigenvalue weighted by Gasteiger charge is 2.52. The zero-order valence-corrected chi connectivity index (χ0v) is 16.5. The Bertz CT molecular complexity index is 1080. The Labute approximate surface area is 175 Å². The number of methoxy groups -OCH3 is 1. The molecule has 0 bridgehead atoms. The highest BCUT2D eigenvalue weighted by Crippen LogP contribution is 2.41. The van der Waals surface area contributed by atoms with E-state index in [0.29, 0.717) is 0 Å². The van der Waals surface area contributed by atoms with Crippen LogP contribution in [0, 0.1) is 11.3 Å². The van der Waals surface area contributed by atoms with Crippen molar-refractivity contribution in [2.45, 2.75) is 18.0 Å². The third kappa shape index (κ3) is 3.40. The second-order valence-corrected chi connectivity index (χ2v) is 7.13. The number of benzene rings is 2. The number of likely N-dealkylation sites (tertiary alicyclic amines) is 1. The largest absolute Gasteiger partial charge is 0.497 e. The van der Waals surface area contributed by atoms with E-state index in [-0.39, 0.29) is 24.1 Å². The summed E-state index contributed by atoms with van der Waals surface area (Å²) in [5, 5.41) is 19.7. The summed E-state index contributed by atoms with van der Waals surface area (Å²) in [7, 11) is 1.63. The van der Waals surface area contributed by atoms with Gasteiger partial charge in [0.2, 0.25) is 0 Å². The first kappa shape index (κ1) is 19.6. The van der Waals surface area contributed by atoms with E-state index >= 15 is 0 Å². The van der Waals surface area contributed by atoms with Crippen LogP contribution < -0.4 is 4.74 Å².